The van der Waals surface area contributed by atoms with E-state index in [9.17, 15) is 4.79 Å². The summed E-state index contributed by atoms with van der Waals surface area (Å²) in [7, 11) is 1.68. The number of carbonyl (C=O) groups is 1. The van der Waals surface area contributed by atoms with Crippen molar-refractivity contribution in [3.05, 3.63) is 65.2 Å². The lowest BCUT2D eigenvalue weighted by atomic mass is 10.0. The molecule has 0 spiro atoms. The molecule has 146 valence electrons. The maximum atomic E-state index is 12.3. The minimum absolute atomic E-state index is 0.0222. The Morgan fingerprint density at radius 1 is 0.889 bits per heavy atom. The van der Waals surface area contributed by atoms with Gasteiger partial charge in [-0.2, -0.15) is 0 Å². The average Bonchev–Trinajstić information content (AvgIpc) is 2.71. The van der Waals surface area contributed by atoms with Gasteiger partial charge in [-0.15, -0.1) is 0 Å². The second kappa shape index (κ2) is 11.6. The molecule has 0 bridgehead atoms. The number of hydrogen-bond donors (Lipinski definition) is 0. The van der Waals surface area contributed by atoms with Crippen LogP contribution < -0.4 is 4.74 Å². The highest BCUT2D eigenvalue weighted by atomic mass is 16.5. The van der Waals surface area contributed by atoms with Gasteiger partial charge in [0.15, 0.2) is 0 Å². The van der Waals surface area contributed by atoms with E-state index in [1.165, 1.54) is 44.1 Å². The SMILES string of the molecule is CCCCCCCCc1ccc(C(=O)Oc2ccc(C(C)OC)cc2)cc1. The summed E-state index contributed by atoms with van der Waals surface area (Å²) in [4.78, 5) is 12.3. The average molecular weight is 369 g/mol. The molecule has 27 heavy (non-hydrogen) atoms. The summed E-state index contributed by atoms with van der Waals surface area (Å²) < 4.78 is 10.7. The Kier molecular flexibility index (Phi) is 9.06. The summed E-state index contributed by atoms with van der Waals surface area (Å²) in [5.41, 5.74) is 2.91. The first-order valence-corrected chi connectivity index (χ1v) is 10.1. The molecule has 1 unspecified atom stereocenters. The highest BCUT2D eigenvalue weighted by Gasteiger charge is 2.10. The topological polar surface area (TPSA) is 35.5 Å². The van der Waals surface area contributed by atoms with E-state index in [-0.39, 0.29) is 12.1 Å². The zero-order valence-corrected chi connectivity index (χ0v) is 16.9. The van der Waals surface area contributed by atoms with Crippen LogP contribution in [0.25, 0.3) is 0 Å². The van der Waals surface area contributed by atoms with Crippen molar-refractivity contribution >= 4 is 5.97 Å². The van der Waals surface area contributed by atoms with Gasteiger partial charge < -0.3 is 9.47 Å². The number of methoxy groups -OCH3 is 1. The molecule has 2 aromatic rings. The van der Waals surface area contributed by atoms with Crippen LogP contribution >= 0.6 is 0 Å². The lowest BCUT2D eigenvalue weighted by Crippen LogP contribution is -2.08. The number of hydrogen-bond acceptors (Lipinski definition) is 3. The minimum Gasteiger partial charge on any atom is -0.423 e. The fourth-order valence-electron chi connectivity index (χ4n) is 3.03. The molecule has 0 saturated heterocycles. The van der Waals surface area contributed by atoms with Crippen molar-refractivity contribution in [2.45, 2.75) is 64.9 Å². The van der Waals surface area contributed by atoms with Crippen molar-refractivity contribution < 1.29 is 14.3 Å². The quantitative estimate of drug-likeness (QED) is 0.257. The van der Waals surface area contributed by atoms with Crippen LogP contribution in [0, 0.1) is 0 Å². The molecule has 0 amide bonds. The molecule has 1 atom stereocenters. The summed E-state index contributed by atoms with van der Waals surface area (Å²) in [6.07, 6.45) is 8.86. The van der Waals surface area contributed by atoms with E-state index in [1.54, 1.807) is 19.2 Å². The summed E-state index contributed by atoms with van der Waals surface area (Å²) in [5.74, 6) is 0.219. The van der Waals surface area contributed by atoms with E-state index in [4.69, 9.17) is 9.47 Å². The third-order valence-electron chi connectivity index (χ3n) is 4.92. The molecular weight excluding hydrogens is 336 g/mol. The monoisotopic (exact) mass is 368 g/mol. The normalized spacial score (nSPS) is 12.0. The molecule has 0 aliphatic rings. The molecule has 0 fully saturated rings. The van der Waals surface area contributed by atoms with Gasteiger partial charge in [0, 0.05) is 7.11 Å². The number of ether oxygens (including phenoxy) is 2. The van der Waals surface area contributed by atoms with E-state index >= 15 is 0 Å². The smallest absolute Gasteiger partial charge is 0.343 e. The molecule has 3 heteroatoms. The number of aryl methyl sites for hydroxylation is 1. The van der Waals surface area contributed by atoms with Crippen LogP contribution in [0.2, 0.25) is 0 Å². The zero-order chi connectivity index (χ0) is 19.5. The standard InChI is InChI=1S/C24H32O3/c1-4-5-6-7-8-9-10-20-11-13-22(14-12-20)24(25)27-23-17-15-21(16-18-23)19(2)26-3/h11-19H,4-10H2,1-3H3. The number of esters is 1. The minimum atomic E-state index is -0.325. The largest absolute Gasteiger partial charge is 0.423 e. The van der Waals surface area contributed by atoms with Gasteiger partial charge in [0.25, 0.3) is 0 Å². The van der Waals surface area contributed by atoms with Gasteiger partial charge in [-0.25, -0.2) is 4.79 Å². The van der Waals surface area contributed by atoms with Gasteiger partial charge >= 0.3 is 5.97 Å². The third kappa shape index (κ3) is 7.18. The molecule has 2 rings (SSSR count). The van der Waals surface area contributed by atoms with Crippen molar-refractivity contribution in [1.82, 2.24) is 0 Å². The predicted octanol–water partition coefficient (Wildman–Crippen LogP) is 6.52. The van der Waals surface area contributed by atoms with Crippen LogP contribution in [0.3, 0.4) is 0 Å². The lowest BCUT2D eigenvalue weighted by molar-refractivity contribution is 0.0734. The zero-order valence-electron chi connectivity index (χ0n) is 16.9. The molecule has 0 aliphatic heterocycles. The summed E-state index contributed by atoms with van der Waals surface area (Å²) in [5, 5.41) is 0. The van der Waals surface area contributed by atoms with Crippen LogP contribution in [0.15, 0.2) is 48.5 Å². The first-order valence-electron chi connectivity index (χ1n) is 10.1. The Morgan fingerprint density at radius 2 is 1.52 bits per heavy atom. The van der Waals surface area contributed by atoms with Gasteiger partial charge in [-0.1, -0.05) is 63.3 Å². The summed E-state index contributed by atoms with van der Waals surface area (Å²) in [6.45, 7) is 4.22. The Balaban J connectivity index is 1.81. The first kappa shape index (κ1) is 21.2. The van der Waals surface area contributed by atoms with E-state index in [2.05, 4.69) is 6.92 Å². The van der Waals surface area contributed by atoms with E-state index in [1.807, 2.05) is 43.3 Å². The van der Waals surface area contributed by atoms with Crippen molar-refractivity contribution in [1.29, 1.82) is 0 Å². The van der Waals surface area contributed by atoms with Crippen molar-refractivity contribution in [2.24, 2.45) is 0 Å². The number of carbonyl (C=O) groups excluding carboxylic acids is 1. The van der Waals surface area contributed by atoms with Gasteiger partial charge in [0.1, 0.15) is 5.75 Å². The summed E-state index contributed by atoms with van der Waals surface area (Å²) in [6, 6.07) is 15.2. The van der Waals surface area contributed by atoms with Gasteiger partial charge in [-0.3, -0.25) is 0 Å². The van der Waals surface area contributed by atoms with Crippen molar-refractivity contribution in [3.63, 3.8) is 0 Å². The molecule has 0 heterocycles. The molecule has 0 aliphatic carbocycles. The highest BCUT2D eigenvalue weighted by molar-refractivity contribution is 5.91. The molecule has 2 aromatic carbocycles. The van der Waals surface area contributed by atoms with Gasteiger partial charge in [0.05, 0.1) is 11.7 Å². The van der Waals surface area contributed by atoms with E-state index in [0.717, 1.165) is 12.0 Å². The van der Waals surface area contributed by atoms with Gasteiger partial charge in [0.2, 0.25) is 0 Å². The Hall–Kier alpha value is -2.13. The fourth-order valence-corrected chi connectivity index (χ4v) is 3.03. The number of rotatable bonds is 11. The maximum absolute atomic E-state index is 12.3. The molecule has 0 aromatic heterocycles. The molecule has 3 nitrogen and oxygen atoms in total. The highest BCUT2D eigenvalue weighted by Crippen LogP contribution is 2.20. The Labute approximate surface area is 163 Å². The predicted molar refractivity (Wildman–Crippen MR) is 110 cm³/mol. The first-order chi connectivity index (χ1) is 13.1. The van der Waals surface area contributed by atoms with E-state index < -0.39 is 0 Å². The summed E-state index contributed by atoms with van der Waals surface area (Å²) >= 11 is 0. The number of unbranched alkanes of at least 4 members (excludes halogenated alkanes) is 5. The molecular formula is C24H32O3. The van der Waals surface area contributed by atoms with E-state index in [0.29, 0.717) is 11.3 Å². The molecule has 0 saturated carbocycles. The molecule has 0 N–H and O–H groups in total. The lowest BCUT2D eigenvalue weighted by Gasteiger charge is -2.10. The van der Waals surface area contributed by atoms with Crippen molar-refractivity contribution in [2.75, 3.05) is 7.11 Å². The second-order valence-corrected chi connectivity index (χ2v) is 7.05. The Morgan fingerprint density at radius 3 is 2.15 bits per heavy atom. The number of benzene rings is 2. The maximum Gasteiger partial charge on any atom is 0.343 e. The van der Waals surface area contributed by atoms with Crippen LogP contribution in [-0.2, 0) is 11.2 Å². The van der Waals surface area contributed by atoms with Crippen LogP contribution in [0.4, 0.5) is 0 Å². The molecule has 0 radical (unpaired) electrons. The van der Waals surface area contributed by atoms with Crippen molar-refractivity contribution in [3.8, 4) is 5.75 Å². The third-order valence-corrected chi connectivity index (χ3v) is 4.92. The van der Waals surface area contributed by atoms with Crippen LogP contribution in [0.5, 0.6) is 5.75 Å². The Bertz CT molecular complexity index is 674. The fraction of sp³-hybridized carbons (Fsp3) is 0.458. The van der Waals surface area contributed by atoms with Gasteiger partial charge in [-0.05, 0) is 55.2 Å². The second-order valence-electron chi connectivity index (χ2n) is 7.05. The van der Waals surface area contributed by atoms with Crippen LogP contribution in [0.1, 0.15) is 80.0 Å². The van der Waals surface area contributed by atoms with Crippen LogP contribution in [-0.4, -0.2) is 13.1 Å².